The van der Waals surface area contributed by atoms with Gasteiger partial charge < -0.3 is 9.47 Å². The zero-order chi connectivity index (χ0) is 15.2. The van der Waals surface area contributed by atoms with E-state index in [2.05, 4.69) is 23.2 Å². The van der Waals surface area contributed by atoms with Crippen molar-refractivity contribution in [3.63, 3.8) is 0 Å². The second-order valence-corrected chi connectivity index (χ2v) is 4.84. The molecule has 2 aromatic carbocycles. The van der Waals surface area contributed by atoms with Crippen LogP contribution in [-0.2, 0) is 4.74 Å². The molecule has 0 amide bonds. The van der Waals surface area contributed by atoms with Crippen LogP contribution in [0.1, 0.15) is 0 Å². The van der Waals surface area contributed by atoms with Gasteiger partial charge in [-0.2, -0.15) is 0 Å². The van der Waals surface area contributed by atoms with Crippen molar-refractivity contribution in [1.29, 1.82) is 0 Å². The number of benzene rings is 2. The van der Waals surface area contributed by atoms with Gasteiger partial charge >= 0.3 is 0 Å². The maximum atomic E-state index is 5.88. The van der Waals surface area contributed by atoms with Crippen LogP contribution in [0.2, 0.25) is 0 Å². The maximum Gasteiger partial charge on any atom is 0.188 e. The Morgan fingerprint density at radius 2 is 1.55 bits per heavy atom. The lowest BCUT2D eigenvalue weighted by Crippen LogP contribution is -2.02. The minimum atomic E-state index is 0.205. The Bertz CT molecular complexity index is 669. The van der Waals surface area contributed by atoms with E-state index < -0.39 is 0 Å². The molecule has 3 aromatic rings. The molecule has 3 heteroatoms. The molecule has 0 aliphatic carbocycles. The molecule has 0 spiro atoms. The highest BCUT2D eigenvalue weighted by atomic mass is 16.7. The summed E-state index contributed by atoms with van der Waals surface area (Å²) in [6.07, 6.45) is 3.60. The smallest absolute Gasteiger partial charge is 0.188 e. The molecule has 1 heterocycles. The average molecular weight is 291 g/mol. The third kappa shape index (κ3) is 3.00. The molecule has 0 N–H and O–H groups in total. The van der Waals surface area contributed by atoms with Crippen molar-refractivity contribution in [1.82, 2.24) is 4.98 Å². The standard InChI is InChI=1S/C19H17NO2/c1-21-14-22-19-17(15-7-3-2-4-8-15)10-5-11-18(19)16-9-6-12-20-13-16/h2-13H,14H2,1H3. The third-order valence-electron chi connectivity index (χ3n) is 3.39. The molecular formula is C19H17NO2. The molecular weight excluding hydrogens is 274 g/mol. The first kappa shape index (κ1) is 14.3. The lowest BCUT2D eigenvalue weighted by Gasteiger charge is -2.15. The number of aromatic nitrogens is 1. The number of hydrogen-bond donors (Lipinski definition) is 0. The van der Waals surface area contributed by atoms with E-state index in [0.29, 0.717) is 0 Å². The van der Waals surface area contributed by atoms with Gasteiger partial charge in [0.2, 0.25) is 0 Å². The molecule has 3 rings (SSSR count). The second kappa shape index (κ2) is 6.87. The number of methoxy groups -OCH3 is 1. The summed E-state index contributed by atoms with van der Waals surface area (Å²) in [5.41, 5.74) is 4.18. The summed E-state index contributed by atoms with van der Waals surface area (Å²) >= 11 is 0. The van der Waals surface area contributed by atoms with E-state index in [1.54, 1.807) is 13.3 Å². The second-order valence-electron chi connectivity index (χ2n) is 4.84. The zero-order valence-corrected chi connectivity index (χ0v) is 12.4. The van der Waals surface area contributed by atoms with Crippen molar-refractivity contribution in [2.45, 2.75) is 0 Å². The van der Waals surface area contributed by atoms with E-state index in [-0.39, 0.29) is 6.79 Å². The molecule has 110 valence electrons. The summed E-state index contributed by atoms with van der Waals surface area (Å²) in [6.45, 7) is 0.205. The van der Waals surface area contributed by atoms with Crippen molar-refractivity contribution >= 4 is 0 Å². The molecule has 3 nitrogen and oxygen atoms in total. The lowest BCUT2D eigenvalue weighted by atomic mass is 9.98. The number of hydrogen-bond acceptors (Lipinski definition) is 3. The molecule has 0 bridgehead atoms. The minimum absolute atomic E-state index is 0.205. The highest BCUT2D eigenvalue weighted by molar-refractivity contribution is 5.82. The van der Waals surface area contributed by atoms with E-state index in [4.69, 9.17) is 9.47 Å². The Hall–Kier alpha value is -2.65. The summed E-state index contributed by atoms with van der Waals surface area (Å²) < 4.78 is 11.0. The summed E-state index contributed by atoms with van der Waals surface area (Å²) in [5.74, 6) is 0.809. The molecule has 0 saturated carbocycles. The molecule has 0 unspecified atom stereocenters. The Morgan fingerprint density at radius 1 is 0.818 bits per heavy atom. The van der Waals surface area contributed by atoms with Crippen molar-refractivity contribution in [3.8, 4) is 28.0 Å². The Balaban J connectivity index is 2.14. The van der Waals surface area contributed by atoms with Crippen molar-refractivity contribution < 1.29 is 9.47 Å². The Morgan fingerprint density at radius 3 is 2.23 bits per heavy atom. The SMILES string of the molecule is COCOc1c(-c2ccccc2)cccc1-c1cccnc1. The van der Waals surface area contributed by atoms with Crippen LogP contribution in [0, 0.1) is 0 Å². The molecule has 0 fully saturated rings. The van der Waals surface area contributed by atoms with Gasteiger partial charge in [0.05, 0.1) is 0 Å². The van der Waals surface area contributed by atoms with Gasteiger partial charge in [0.1, 0.15) is 5.75 Å². The Labute approximate surface area is 130 Å². The van der Waals surface area contributed by atoms with Gasteiger partial charge in [-0.3, -0.25) is 4.98 Å². The van der Waals surface area contributed by atoms with E-state index in [1.807, 2.05) is 48.7 Å². The fourth-order valence-corrected chi connectivity index (χ4v) is 2.40. The van der Waals surface area contributed by atoms with E-state index >= 15 is 0 Å². The highest BCUT2D eigenvalue weighted by Gasteiger charge is 2.13. The molecule has 0 aliphatic rings. The van der Waals surface area contributed by atoms with Crippen LogP contribution < -0.4 is 4.74 Å². The number of pyridine rings is 1. The van der Waals surface area contributed by atoms with E-state index in [9.17, 15) is 0 Å². The van der Waals surface area contributed by atoms with Crippen molar-refractivity contribution in [3.05, 3.63) is 73.1 Å². The van der Waals surface area contributed by atoms with E-state index in [1.165, 1.54) is 0 Å². The largest absolute Gasteiger partial charge is 0.466 e. The number of para-hydroxylation sites is 1. The van der Waals surface area contributed by atoms with Crippen LogP contribution in [0.25, 0.3) is 22.3 Å². The average Bonchev–Trinajstić information content (AvgIpc) is 2.61. The van der Waals surface area contributed by atoms with E-state index in [0.717, 1.165) is 28.0 Å². The predicted molar refractivity (Wildman–Crippen MR) is 87.6 cm³/mol. The normalized spacial score (nSPS) is 10.4. The Kier molecular flexibility index (Phi) is 4.47. The highest BCUT2D eigenvalue weighted by Crippen LogP contribution is 2.38. The van der Waals surface area contributed by atoms with Gasteiger partial charge in [0, 0.05) is 36.2 Å². The fraction of sp³-hybridized carbons (Fsp3) is 0.105. The van der Waals surface area contributed by atoms with Gasteiger partial charge in [0.15, 0.2) is 6.79 Å². The van der Waals surface area contributed by atoms with Crippen LogP contribution in [0.4, 0.5) is 0 Å². The van der Waals surface area contributed by atoms with Crippen LogP contribution in [-0.4, -0.2) is 18.9 Å². The molecule has 0 saturated heterocycles. The van der Waals surface area contributed by atoms with Crippen LogP contribution >= 0.6 is 0 Å². The van der Waals surface area contributed by atoms with Crippen LogP contribution in [0.15, 0.2) is 73.1 Å². The number of rotatable bonds is 5. The van der Waals surface area contributed by atoms with Crippen LogP contribution in [0.3, 0.4) is 0 Å². The maximum absolute atomic E-state index is 5.88. The number of ether oxygens (including phenoxy) is 2. The van der Waals surface area contributed by atoms with Gasteiger partial charge in [-0.1, -0.05) is 54.6 Å². The molecule has 0 aliphatic heterocycles. The quantitative estimate of drug-likeness (QED) is 0.653. The summed E-state index contributed by atoms with van der Waals surface area (Å²) in [4.78, 5) is 4.20. The molecule has 0 radical (unpaired) electrons. The van der Waals surface area contributed by atoms with Gasteiger partial charge in [-0.05, 0) is 11.6 Å². The first-order valence-corrected chi connectivity index (χ1v) is 7.10. The van der Waals surface area contributed by atoms with Gasteiger partial charge in [-0.15, -0.1) is 0 Å². The van der Waals surface area contributed by atoms with Gasteiger partial charge in [-0.25, -0.2) is 0 Å². The molecule has 1 aromatic heterocycles. The third-order valence-corrected chi connectivity index (χ3v) is 3.39. The summed E-state index contributed by atoms with van der Waals surface area (Å²) in [5, 5.41) is 0. The summed E-state index contributed by atoms with van der Waals surface area (Å²) in [7, 11) is 1.62. The minimum Gasteiger partial charge on any atom is -0.466 e. The number of nitrogens with zero attached hydrogens (tertiary/aromatic N) is 1. The topological polar surface area (TPSA) is 31.4 Å². The first-order chi connectivity index (χ1) is 10.9. The first-order valence-electron chi connectivity index (χ1n) is 7.10. The summed E-state index contributed by atoms with van der Waals surface area (Å²) in [6, 6.07) is 20.3. The lowest BCUT2D eigenvalue weighted by molar-refractivity contribution is 0.0519. The molecule has 22 heavy (non-hydrogen) atoms. The monoisotopic (exact) mass is 291 g/mol. The van der Waals surface area contributed by atoms with Crippen molar-refractivity contribution in [2.24, 2.45) is 0 Å². The fourth-order valence-electron chi connectivity index (χ4n) is 2.40. The van der Waals surface area contributed by atoms with Crippen LogP contribution in [0.5, 0.6) is 5.75 Å². The van der Waals surface area contributed by atoms with Gasteiger partial charge in [0.25, 0.3) is 0 Å². The van der Waals surface area contributed by atoms with Crippen molar-refractivity contribution in [2.75, 3.05) is 13.9 Å². The predicted octanol–water partition coefficient (Wildman–Crippen LogP) is 4.40. The molecule has 0 atom stereocenters. The zero-order valence-electron chi connectivity index (χ0n) is 12.4.